The number of Topliss-reactive ketones (excluding diaryl/α,β-unsaturated/α-hetero) is 1. The van der Waals surface area contributed by atoms with E-state index in [-0.39, 0.29) is 11.2 Å². The first-order chi connectivity index (χ1) is 13.7. The minimum absolute atomic E-state index is 0.0216. The first-order valence-electron chi connectivity index (χ1n) is 9.26. The summed E-state index contributed by atoms with van der Waals surface area (Å²) in [7, 11) is 0. The summed E-state index contributed by atoms with van der Waals surface area (Å²) in [6.45, 7) is 7.85. The van der Waals surface area contributed by atoms with E-state index >= 15 is 0 Å². The molecule has 0 bridgehead atoms. The van der Waals surface area contributed by atoms with Gasteiger partial charge in [0.1, 0.15) is 5.75 Å². The predicted octanol–water partition coefficient (Wildman–Crippen LogP) is 6.71. The molecular formula is C23H23ClN2O2S. The molecule has 29 heavy (non-hydrogen) atoms. The zero-order valence-electron chi connectivity index (χ0n) is 16.9. The van der Waals surface area contributed by atoms with Crippen LogP contribution in [0, 0.1) is 0 Å². The second kappa shape index (κ2) is 8.97. The number of hydrogen-bond donors (Lipinski definition) is 0. The quantitative estimate of drug-likeness (QED) is 0.249. The van der Waals surface area contributed by atoms with Crippen molar-refractivity contribution in [2.24, 2.45) is 0 Å². The summed E-state index contributed by atoms with van der Waals surface area (Å²) in [6, 6.07) is 16.7. The molecule has 0 atom stereocenters. The van der Waals surface area contributed by atoms with E-state index in [9.17, 15) is 4.79 Å². The van der Waals surface area contributed by atoms with E-state index in [4.69, 9.17) is 21.3 Å². The molecular weight excluding hydrogens is 404 g/mol. The molecule has 0 saturated heterocycles. The van der Waals surface area contributed by atoms with Gasteiger partial charge in [-0.15, -0.1) is 0 Å². The van der Waals surface area contributed by atoms with Gasteiger partial charge in [-0.25, -0.2) is 4.98 Å². The maximum absolute atomic E-state index is 11.5. The number of carbonyl (C=O) groups is 1. The summed E-state index contributed by atoms with van der Waals surface area (Å²) in [5.41, 5.74) is 2.50. The van der Waals surface area contributed by atoms with Crippen LogP contribution < -0.4 is 4.74 Å². The van der Waals surface area contributed by atoms with Crippen molar-refractivity contribution in [1.82, 2.24) is 9.97 Å². The molecule has 0 N–H and O–H groups in total. The van der Waals surface area contributed by atoms with Gasteiger partial charge in [0, 0.05) is 27.8 Å². The Balaban J connectivity index is 1.84. The van der Waals surface area contributed by atoms with Gasteiger partial charge in [-0.1, -0.05) is 56.3 Å². The standard InChI is InChI=1S/C23H23ClN2O2S/c1-15(27)17-8-10-19(11-9-17)28-21-13-20(23(2,3)4)25-22(26-21)29-14-16-6-5-7-18(24)12-16/h5-13H,14H2,1-4H3. The topological polar surface area (TPSA) is 52.1 Å². The maximum atomic E-state index is 11.5. The van der Waals surface area contributed by atoms with Gasteiger partial charge in [0.25, 0.3) is 0 Å². The number of carbonyl (C=O) groups excluding carboxylic acids is 1. The molecule has 0 fully saturated rings. The van der Waals surface area contributed by atoms with Gasteiger partial charge in [-0.2, -0.15) is 4.98 Å². The normalized spacial score (nSPS) is 11.3. The molecule has 0 spiro atoms. The highest BCUT2D eigenvalue weighted by molar-refractivity contribution is 7.98. The van der Waals surface area contributed by atoms with Crippen molar-refractivity contribution < 1.29 is 9.53 Å². The van der Waals surface area contributed by atoms with Crippen LogP contribution in [0.15, 0.2) is 59.8 Å². The summed E-state index contributed by atoms with van der Waals surface area (Å²) < 4.78 is 5.96. The number of nitrogens with zero attached hydrogens (tertiary/aromatic N) is 2. The van der Waals surface area contributed by atoms with E-state index in [1.165, 1.54) is 11.8 Å². The summed E-state index contributed by atoms with van der Waals surface area (Å²) in [5, 5.41) is 1.36. The zero-order valence-corrected chi connectivity index (χ0v) is 18.5. The highest BCUT2D eigenvalue weighted by Gasteiger charge is 2.19. The van der Waals surface area contributed by atoms with Gasteiger partial charge in [0.15, 0.2) is 10.9 Å². The first kappa shape index (κ1) is 21.3. The summed E-state index contributed by atoms with van der Waals surface area (Å²) >= 11 is 7.61. The fourth-order valence-corrected chi connectivity index (χ4v) is 3.56. The van der Waals surface area contributed by atoms with Crippen LogP contribution in [0.2, 0.25) is 5.02 Å². The average molecular weight is 427 g/mol. The minimum atomic E-state index is -0.148. The van der Waals surface area contributed by atoms with Crippen molar-refractivity contribution in [3.8, 4) is 11.6 Å². The molecule has 1 aromatic heterocycles. The number of rotatable bonds is 6. The Morgan fingerprint density at radius 2 is 1.79 bits per heavy atom. The zero-order chi connectivity index (χ0) is 21.0. The third-order valence-electron chi connectivity index (χ3n) is 4.19. The molecule has 1 heterocycles. The first-order valence-corrected chi connectivity index (χ1v) is 10.6. The number of ketones is 1. The minimum Gasteiger partial charge on any atom is -0.439 e. The molecule has 0 aliphatic heterocycles. The lowest BCUT2D eigenvalue weighted by atomic mass is 9.92. The molecule has 3 rings (SSSR count). The lowest BCUT2D eigenvalue weighted by molar-refractivity contribution is 0.101. The van der Waals surface area contributed by atoms with E-state index in [1.54, 1.807) is 31.2 Å². The molecule has 2 aromatic carbocycles. The van der Waals surface area contributed by atoms with Crippen LogP contribution in [0.4, 0.5) is 0 Å². The molecule has 0 amide bonds. The molecule has 3 aromatic rings. The molecule has 0 saturated carbocycles. The second-order valence-electron chi connectivity index (χ2n) is 7.73. The Hall–Kier alpha value is -2.37. The number of benzene rings is 2. The molecule has 6 heteroatoms. The Morgan fingerprint density at radius 1 is 1.07 bits per heavy atom. The Bertz CT molecular complexity index is 1010. The summed E-state index contributed by atoms with van der Waals surface area (Å²) in [4.78, 5) is 20.7. The molecule has 0 unspecified atom stereocenters. The molecule has 150 valence electrons. The molecule has 4 nitrogen and oxygen atoms in total. The van der Waals surface area contributed by atoms with Gasteiger partial charge in [0.05, 0.1) is 5.69 Å². The van der Waals surface area contributed by atoms with E-state index < -0.39 is 0 Å². The number of ether oxygens (including phenoxy) is 1. The average Bonchev–Trinajstić information content (AvgIpc) is 2.66. The van der Waals surface area contributed by atoms with Crippen LogP contribution >= 0.6 is 23.4 Å². The SMILES string of the molecule is CC(=O)c1ccc(Oc2cc(C(C)(C)C)nc(SCc3cccc(Cl)c3)n2)cc1. The molecule has 0 radical (unpaired) electrons. The predicted molar refractivity (Wildman–Crippen MR) is 118 cm³/mol. The van der Waals surface area contributed by atoms with Crippen molar-refractivity contribution in [2.45, 2.75) is 44.0 Å². The van der Waals surface area contributed by atoms with Crippen LogP contribution in [0.5, 0.6) is 11.6 Å². The second-order valence-corrected chi connectivity index (χ2v) is 9.10. The summed E-state index contributed by atoms with van der Waals surface area (Å²) in [6.07, 6.45) is 0. The van der Waals surface area contributed by atoms with Crippen molar-refractivity contribution in [1.29, 1.82) is 0 Å². The Morgan fingerprint density at radius 3 is 2.41 bits per heavy atom. The van der Waals surface area contributed by atoms with E-state index in [1.807, 2.05) is 30.3 Å². The van der Waals surface area contributed by atoms with Crippen molar-refractivity contribution >= 4 is 29.1 Å². The molecule has 0 aliphatic rings. The number of hydrogen-bond acceptors (Lipinski definition) is 5. The van der Waals surface area contributed by atoms with Crippen molar-refractivity contribution in [3.63, 3.8) is 0 Å². The largest absolute Gasteiger partial charge is 0.439 e. The van der Waals surface area contributed by atoms with E-state index in [0.717, 1.165) is 11.3 Å². The highest BCUT2D eigenvalue weighted by atomic mass is 35.5. The number of thioether (sulfide) groups is 1. The van der Waals surface area contributed by atoms with Crippen LogP contribution in [-0.2, 0) is 11.2 Å². The van der Waals surface area contributed by atoms with Crippen LogP contribution in [0.1, 0.15) is 49.3 Å². The smallest absolute Gasteiger partial charge is 0.223 e. The van der Waals surface area contributed by atoms with Crippen LogP contribution in [-0.4, -0.2) is 15.8 Å². The third-order valence-corrected chi connectivity index (χ3v) is 5.34. The van der Waals surface area contributed by atoms with Gasteiger partial charge < -0.3 is 4.74 Å². The maximum Gasteiger partial charge on any atom is 0.223 e. The fourth-order valence-electron chi connectivity index (χ4n) is 2.56. The Kier molecular flexibility index (Phi) is 6.60. The van der Waals surface area contributed by atoms with Gasteiger partial charge >= 0.3 is 0 Å². The highest BCUT2D eigenvalue weighted by Crippen LogP contribution is 2.30. The van der Waals surface area contributed by atoms with Gasteiger partial charge in [-0.05, 0) is 48.9 Å². The third kappa shape index (κ3) is 6.05. The lowest BCUT2D eigenvalue weighted by Gasteiger charge is -2.19. The van der Waals surface area contributed by atoms with E-state index in [2.05, 4.69) is 25.8 Å². The monoisotopic (exact) mass is 426 g/mol. The summed E-state index contributed by atoms with van der Waals surface area (Å²) in [5.74, 6) is 1.84. The van der Waals surface area contributed by atoms with Gasteiger partial charge in [0.2, 0.25) is 5.88 Å². The van der Waals surface area contributed by atoms with Crippen molar-refractivity contribution in [2.75, 3.05) is 0 Å². The number of halogens is 1. The lowest BCUT2D eigenvalue weighted by Crippen LogP contribution is -2.14. The number of aromatic nitrogens is 2. The van der Waals surface area contributed by atoms with Crippen molar-refractivity contribution in [3.05, 3.63) is 76.4 Å². The Labute approximate surface area is 180 Å². The fraction of sp³-hybridized carbons (Fsp3) is 0.261. The van der Waals surface area contributed by atoms with E-state index in [0.29, 0.717) is 33.1 Å². The van der Waals surface area contributed by atoms with Gasteiger partial charge in [-0.3, -0.25) is 4.79 Å². The van der Waals surface area contributed by atoms with Crippen LogP contribution in [0.25, 0.3) is 0 Å². The molecule has 0 aliphatic carbocycles. The van der Waals surface area contributed by atoms with Crippen LogP contribution in [0.3, 0.4) is 0 Å².